The largest absolute Gasteiger partial charge is 0.450 e. The molecule has 11 heteroatoms. The summed E-state index contributed by atoms with van der Waals surface area (Å²) in [4.78, 5) is 37.5. The lowest BCUT2D eigenvalue weighted by molar-refractivity contribution is 0.0642. The van der Waals surface area contributed by atoms with E-state index in [9.17, 15) is 22.8 Å². The van der Waals surface area contributed by atoms with Crippen LogP contribution in [0, 0.1) is 0 Å². The second-order valence-corrected chi connectivity index (χ2v) is 7.41. The molecule has 0 aromatic heterocycles. The Morgan fingerprint density at radius 2 is 1.93 bits per heavy atom. The number of ether oxygens (including phenoxy) is 1. The van der Waals surface area contributed by atoms with Crippen molar-refractivity contribution >= 4 is 28.2 Å². The highest BCUT2D eigenvalue weighted by Gasteiger charge is 2.38. The molecule has 2 N–H and O–H groups in total. The van der Waals surface area contributed by atoms with Crippen molar-refractivity contribution in [2.45, 2.75) is 25.4 Å². The van der Waals surface area contributed by atoms with E-state index in [2.05, 4.69) is 10.0 Å². The summed E-state index contributed by atoms with van der Waals surface area (Å²) in [6, 6.07) is 4.99. The summed E-state index contributed by atoms with van der Waals surface area (Å²) < 4.78 is 35.2. The third-order valence-corrected chi connectivity index (χ3v) is 5.34. The average molecular weight is 397 g/mol. The van der Waals surface area contributed by atoms with E-state index in [4.69, 9.17) is 8.92 Å². The second-order valence-electron chi connectivity index (χ2n) is 6.03. The van der Waals surface area contributed by atoms with Gasteiger partial charge in [0.15, 0.2) is 0 Å². The minimum Gasteiger partial charge on any atom is -0.450 e. The molecule has 1 aromatic rings. The molecule has 2 atom stereocenters. The third-order valence-electron chi connectivity index (χ3n) is 4.30. The number of hydrogen-bond acceptors (Lipinski definition) is 7. The number of alkyl carbamates (subject to hydrolysis) is 1. The molecule has 27 heavy (non-hydrogen) atoms. The van der Waals surface area contributed by atoms with Crippen LogP contribution in [0.25, 0.3) is 0 Å². The fourth-order valence-corrected chi connectivity index (χ4v) is 4.06. The summed E-state index contributed by atoms with van der Waals surface area (Å²) in [5.74, 6) is -0.860. The van der Waals surface area contributed by atoms with E-state index in [0.717, 1.165) is 4.90 Å². The fourth-order valence-electron chi connectivity index (χ4n) is 3.02. The average Bonchev–Trinajstić information content (AvgIpc) is 2.86. The van der Waals surface area contributed by atoms with Crippen molar-refractivity contribution in [1.82, 2.24) is 14.9 Å². The van der Waals surface area contributed by atoms with Gasteiger partial charge in [-0.3, -0.25) is 18.7 Å². The van der Waals surface area contributed by atoms with Crippen LogP contribution in [0.5, 0.6) is 0 Å². The predicted molar refractivity (Wildman–Crippen MR) is 92.2 cm³/mol. The molecule has 3 rings (SSSR count). The molecule has 0 unspecified atom stereocenters. The fraction of sp³-hybridized carbons (Fsp3) is 0.438. The van der Waals surface area contributed by atoms with Gasteiger partial charge in [-0.05, 0) is 25.5 Å². The molecule has 146 valence electrons. The van der Waals surface area contributed by atoms with Gasteiger partial charge in [-0.1, -0.05) is 12.1 Å². The van der Waals surface area contributed by atoms with Crippen LogP contribution >= 0.6 is 0 Å². The Balaban J connectivity index is 1.69. The molecule has 0 radical (unpaired) electrons. The number of fused-ring (bicyclic) bond motifs is 1. The summed E-state index contributed by atoms with van der Waals surface area (Å²) in [6.45, 7) is 1.51. The summed E-state index contributed by atoms with van der Waals surface area (Å²) >= 11 is 0. The Hall–Kier alpha value is -2.50. The number of carbonyl (C=O) groups excluding carboxylic acids is 3. The van der Waals surface area contributed by atoms with Crippen molar-refractivity contribution in [1.29, 1.82) is 0 Å². The number of amides is 3. The molecule has 1 fully saturated rings. The van der Waals surface area contributed by atoms with Crippen LogP contribution in [-0.2, 0) is 19.2 Å². The Kier molecular flexibility index (Phi) is 5.44. The lowest BCUT2D eigenvalue weighted by Gasteiger charge is -2.32. The zero-order chi connectivity index (χ0) is 19.6. The van der Waals surface area contributed by atoms with Crippen molar-refractivity contribution in [3.05, 3.63) is 35.4 Å². The van der Waals surface area contributed by atoms with Gasteiger partial charge in [-0.15, -0.1) is 0 Å². The molecular formula is C16H19N3O7S. The van der Waals surface area contributed by atoms with Crippen molar-refractivity contribution in [3.63, 3.8) is 0 Å². The summed E-state index contributed by atoms with van der Waals surface area (Å²) in [5, 5.41) is 2.52. The summed E-state index contributed by atoms with van der Waals surface area (Å²) in [7, 11) is -3.97. The number of nitrogens with one attached hydrogen (secondary N) is 2. The first-order chi connectivity index (χ1) is 12.8. The first-order valence-electron chi connectivity index (χ1n) is 8.37. The molecule has 0 aliphatic carbocycles. The molecule has 0 spiro atoms. The minimum atomic E-state index is -3.97. The maximum absolute atomic E-state index is 12.4. The zero-order valence-corrected chi connectivity index (χ0v) is 15.3. The topological polar surface area (TPSA) is 131 Å². The van der Waals surface area contributed by atoms with E-state index in [1.54, 1.807) is 31.2 Å². The van der Waals surface area contributed by atoms with Crippen LogP contribution in [0.15, 0.2) is 24.3 Å². The van der Waals surface area contributed by atoms with Crippen LogP contribution in [0.2, 0.25) is 0 Å². The van der Waals surface area contributed by atoms with E-state index in [0.29, 0.717) is 11.1 Å². The predicted octanol–water partition coefficient (Wildman–Crippen LogP) is 0.0206. The van der Waals surface area contributed by atoms with Gasteiger partial charge in [0.05, 0.1) is 30.4 Å². The van der Waals surface area contributed by atoms with E-state index in [1.807, 2.05) is 0 Å². The van der Waals surface area contributed by atoms with Crippen LogP contribution in [0.4, 0.5) is 4.79 Å². The van der Waals surface area contributed by atoms with Gasteiger partial charge in [0.1, 0.15) is 0 Å². The molecule has 2 heterocycles. The van der Waals surface area contributed by atoms with E-state index in [-0.39, 0.29) is 26.2 Å². The summed E-state index contributed by atoms with van der Waals surface area (Å²) in [5.41, 5.74) is 0.632. The highest BCUT2D eigenvalue weighted by molar-refractivity contribution is 7.84. The molecule has 2 aliphatic heterocycles. The molecule has 1 aromatic carbocycles. The maximum Gasteiger partial charge on any atom is 0.407 e. The van der Waals surface area contributed by atoms with Gasteiger partial charge >= 0.3 is 16.4 Å². The lowest BCUT2D eigenvalue weighted by Crippen LogP contribution is -2.59. The van der Waals surface area contributed by atoms with Crippen molar-refractivity contribution in [2.24, 2.45) is 0 Å². The van der Waals surface area contributed by atoms with Crippen LogP contribution < -0.4 is 10.0 Å². The zero-order valence-electron chi connectivity index (χ0n) is 14.5. The van der Waals surface area contributed by atoms with Gasteiger partial charge in [-0.2, -0.15) is 13.1 Å². The SMILES string of the molecule is CCOC(=O)N[C@@H]1COS(=O)(=O)N[C@@H]1CCN1C(=O)c2ccccc2C1=O. The van der Waals surface area contributed by atoms with Gasteiger partial charge in [-0.25, -0.2) is 4.79 Å². The van der Waals surface area contributed by atoms with Gasteiger partial charge in [0, 0.05) is 12.6 Å². The highest BCUT2D eigenvalue weighted by atomic mass is 32.2. The Morgan fingerprint density at radius 3 is 2.52 bits per heavy atom. The normalized spacial score (nSPS) is 23.8. The second kappa shape index (κ2) is 7.62. The van der Waals surface area contributed by atoms with Crippen molar-refractivity contribution in [3.8, 4) is 0 Å². The number of imide groups is 1. The molecular weight excluding hydrogens is 378 g/mol. The number of benzene rings is 1. The first kappa shape index (κ1) is 19.3. The van der Waals surface area contributed by atoms with Crippen molar-refractivity contribution in [2.75, 3.05) is 19.8 Å². The summed E-state index contributed by atoms with van der Waals surface area (Å²) in [6.07, 6.45) is -0.608. The number of hydrogen-bond donors (Lipinski definition) is 2. The Morgan fingerprint density at radius 1 is 1.30 bits per heavy atom. The smallest absolute Gasteiger partial charge is 0.407 e. The minimum absolute atomic E-state index is 0.0134. The van der Waals surface area contributed by atoms with Crippen molar-refractivity contribution < 1.29 is 31.7 Å². The van der Waals surface area contributed by atoms with Crippen LogP contribution in [0.3, 0.4) is 0 Å². The Bertz CT molecular complexity index is 836. The maximum atomic E-state index is 12.4. The van der Waals surface area contributed by atoms with Crippen LogP contribution in [0.1, 0.15) is 34.1 Å². The standard InChI is InChI=1S/C16H19N3O7S/c1-2-25-16(22)17-13-9-26-27(23,24)18-12(13)7-8-19-14(20)10-5-3-4-6-11(10)15(19)21/h3-6,12-13,18H,2,7-9H2,1H3,(H,17,22)/t12-,13-/m1/s1. The molecule has 1 saturated heterocycles. The van der Waals surface area contributed by atoms with E-state index in [1.165, 1.54) is 0 Å². The third kappa shape index (κ3) is 4.10. The number of carbonyl (C=O) groups is 3. The van der Waals surface area contributed by atoms with E-state index < -0.39 is 40.3 Å². The van der Waals surface area contributed by atoms with Gasteiger partial charge in [0.25, 0.3) is 11.8 Å². The van der Waals surface area contributed by atoms with Gasteiger partial charge in [0.2, 0.25) is 0 Å². The molecule has 3 amide bonds. The number of rotatable bonds is 5. The van der Waals surface area contributed by atoms with Gasteiger partial charge < -0.3 is 10.1 Å². The lowest BCUT2D eigenvalue weighted by atomic mass is 10.1. The highest BCUT2D eigenvalue weighted by Crippen LogP contribution is 2.23. The molecule has 2 aliphatic rings. The Labute approximate surface area is 156 Å². The molecule has 0 bridgehead atoms. The first-order valence-corrected chi connectivity index (χ1v) is 9.78. The quantitative estimate of drug-likeness (QED) is 0.670. The monoisotopic (exact) mass is 397 g/mol. The van der Waals surface area contributed by atoms with Crippen LogP contribution in [-0.4, -0.2) is 63.1 Å². The molecule has 10 nitrogen and oxygen atoms in total. The van der Waals surface area contributed by atoms with E-state index >= 15 is 0 Å². The molecule has 0 saturated carbocycles. The number of nitrogens with zero attached hydrogens (tertiary/aromatic N) is 1.